The summed E-state index contributed by atoms with van der Waals surface area (Å²) in [5.41, 5.74) is 4.94. The highest BCUT2D eigenvalue weighted by atomic mass is 32.2. The van der Waals surface area contributed by atoms with E-state index >= 15 is 0 Å². The maximum atomic E-state index is 13.7. The number of hydrogen-bond donors (Lipinski definition) is 14. The fraction of sp³-hybridized carbons (Fsp3) is 0.150. The zero-order valence-corrected chi connectivity index (χ0v) is 56.9. The molecule has 1 atom stereocenters. The van der Waals surface area contributed by atoms with Crippen molar-refractivity contribution >= 4 is 158 Å². The van der Waals surface area contributed by atoms with Gasteiger partial charge in [-0.05, 0) is 160 Å². The van der Waals surface area contributed by atoms with E-state index in [1.54, 1.807) is 13.8 Å². The Morgan fingerprint density at radius 1 is 0.420 bits per heavy atom. The van der Waals surface area contributed by atoms with E-state index in [4.69, 9.17) is 5.73 Å². The number of fused-ring (bicyclic) bond motifs is 2. The van der Waals surface area contributed by atoms with Gasteiger partial charge in [-0.1, -0.05) is 24.3 Å². The van der Waals surface area contributed by atoms with Crippen molar-refractivity contribution < 1.29 is 116 Å². The number of esters is 1. The first-order valence-corrected chi connectivity index (χ1v) is 36.9. The molecule has 0 aromatic heterocycles. The van der Waals surface area contributed by atoms with Gasteiger partial charge in [-0.15, -0.1) is 0 Å². The largest absolute Gasteiger partial charge is 0.467 e. The van der Waals surface area contributed by atoms with Crippen LogP contribution in [0.2, 0.25) is 0 Å². The second-order valence-corrected chi connectivity index (χ2v) is 29.8. The van der Waals surface area contributed by atoms with Crippen molar-refractivity contribution in [1.82, 2.24) is 5.32 Å². The maximum Gasteiger partial charge on any atom is 0.328 e. The van der Waals surface area contributed by atoms with Crippen molar-refractivity contribution in [3.05, 3.63) is 167 Å². The summed E-state index contributed by atoms with van der Waals surface area (Å²) in [4.78, 5) is 82.7. The molecule has 34 nitrogen and oxygen atoms in total. The van der Waals surface area contributed by atoms with Crippen molar-refractivity contribution in [2.45, 2.75) is 75.4 Å². The van der Waals surface area contributed by atoms with Gasteiger partial charge in [0.1, 0.15) is 25.6 Å². The quantitative estimate of drug-likeness (QED) is 0.0195. The summed E-state index contributed by atoms with van der Waals surface area (Å²) in [6.07, 6.45) is 2.22. The highest BCUT2D eigenvalue weighted by molar-refractivity contribution is 7.88. The van der Waals surface area contributed by atoms with Gasteiger partial charge in [-0.2, -0.15) is 50.5 Å². The number of anilines is 6. The van der Waals surface area contributed by atoms with Crippen LogP contribution < -0.4 is 43.0 Å². The summed E-state index contributed by atoms with van der Waals surface area (Å²) < 4.78 is 211. The Balaban J connectivity index is 0.000000900. The second-order valence-electron chi connectivity index (χ2n) is 21.4. The average Bonchev–Trinajstić information content (AvgIpc) is 0.746. The predicted octanol–water partition coefficient (Wildman–Crippen LogP) is 6.54. The van der Waals surface area contributed by atoms with Gasteiger partial charge in [-0.25, -0.2) is 9.59 Å². The van der Waals surface area contributed by atoms with E-state index in [1.807, 2.05) is 0 Å². The number of aryl methyl sites for hydroxylation is 2. The predicted molar refractivity (Wildman–Crippen MR) is 359 cm³/mol. The molecule has 8 aromatic carbocycles. The third-order valence-corrected chi connectivity index (χ3v) is 19.5. The van der Waals surface area contributed by atoms with Crippen LogP contribution in [-0.4, -0.2) is 139 Å². The molecule has 15 N–H and O–H groups in total. The van der Waals surface area contributed by atoms with Crippen LogP contribution in [0.25, 0.3) is 21.5 Å². The standard InChI is InChI=1S/C51H40N6O23S6.C9H18N2O3/c1-25-9-11-29(49(60)54-37-13-15-41(83(69,70)71)35-21-33(81(63,64)65)23-43(45(35)37)85(75,76)77)19-39(25)56-47(58)27-5-3-7-31(17-27)52-51(62)53-32-8-4-6-28(18-32)48(59)57-40-20-30(12-10-26(40)2)50(61)55-38-14-16-42(84(72,73)74)36-22-34(82(66,67)68)24-44(46(36)38)86(78,79)80;1-7(12)11-8(9(13)14-2)5-3-4-6-10/h3-24H,1-2H3,(H,54,60)(H,55,61)(H,56,58)(H,57,59)(H2,52,53,62)(H,63,64,65)(H,66,67,68)(H,69,70,71)(H,72,73,74)(H,75,76,77)(H,78,79,80);8H,3-6,10H2,1-2H3,(H,11,12). The first-order valence-electron chi connectivity index (χ1n) is 28.3. The molecule has 0 radical (unpaired) electrons. The third kappa shape index (κ3) is 19.4. The Labute approximate surface area is 569 Å². The van der Waals surface area contributed by atoms with Crippen LogP contribution in [0.3, 0.4) is 0 Å². The van der Waals surface area contributed by atoms with Crippen molar-refractivity contribution in [2.24, 2.45) is 5.73 Å². The van der Waals surface area contributed by atoms with Crippen LogP contribution in [0.4, 0.5) is 38.9 Å². The topological polar surface area (TPSA) is 565 Å². The number of methoxy groups -OCH3 is 1. The minimum Gasteiger partial charge on any atom is -0.467 e. The SMILES string of the molecule is COC(=O)C(CCCCN)NC(C)=O.Cc1ccc(C(=O)Nc2ccc(S(=O)(=O)O)c3cc(S(=O)(=O)O)cc(S(=O)(=O)O)c23)cc1NC(=O)c1cccc(NC(=O)Nc2cccc(C(=O)Nc3cc(C(=O)Nc4ccc(S(=O)(=O)O)c5cc(S(=O)(=O)O)cc(S(=O)(=O)O)c45)ccc3C)c2)c1. The number of urea groups is 1. The molecule has 1 unspecified atom stereocenters. The van der Waals surface area contributed by atoms with Gasteiger partial charge in [-0.3, -0.25) is 51.3 Å². The normalized spacial score (nSPS) is 12.2. The van der Waals surface area contributed by atoms with Gasteiger partial charge in [0, 0.05) is 73.5 Å². The monoisotopic (exact) mass is 1500 g/mol. The van der Waals surface area contributed by atoms with E-state index in [0.717, 1.165) is 25.0 Å². The molecule has 0 heterocycles. The van der Waals surface area contributed by atoms with E-state index in [-0.39, 0.29) is 50.9 Å². The number of carbonyl (C=O) groups excluding carboxylic acids is 7. The van der Waals surface area contributed by atoms with Gasteiger partial charge in [0.05, 0.1) is 28.3 Å². The Morgan fingerprint density at radius 2 is 0.780 bits per heavy atom. The Morgan fingerprint density at radius 3 is 1.11 bits per heavy atom. The van der Waals surface area contributed by atoms with Gasteiger partial charge in [0.2, 0.25) is 5.91 Å². The van der Waals surface area contributed by atoms with Gasteiger partial charge >= 0.3 is 12.0 Å². The zero-order valence-electron chi connectivity index (χ0n) is 52.0. The molecule has 0 aliphatic carbocycles. The minimum atomic E-state index is -5.45. The Bertz CT molecular complexity index is 5130. The lowest BCUT2D eigenvalue weighted by Crippen LogP contribution is -2.40. The number of nitrogens with two attached hydrogens (primary N) is 1. The lowest BCUT2D eigenvalue weighted by atomic mass is 10.1. The van der Waals surface area contributed by atoms with Crippen molar-refractivity contribution in [2.75, 3.05) is 45.6 Å². The molecule has 100 heavy (non-hydrogen) atoms. The fourth-order valence-electron chi connectivity index (χ4n) is 9.62. The number of carbonyl (C=O) groups is 7. The lowest BCUT2D eigenvalue weighted by Gasteiger charge is -2.16. The van der Waals surface area contributed by atoms with E-state index in [2.05, 4.69) is 42.0 Å². The number of rotatable bonds is 22. The molecule has 0 aliphatic heterocycles. The fourth-order valence-corrected chi connectivity index (χ4v) is 13.7. The zero-order chi connectivity index (χ0) is 74.4. The van der Waals surface area contributed by atoms with Gasteiger partial charge in [0.25, 0.3) is 84.3 Å². The molecular weight excluding hydrogens is 1440 g/mol. The second kappa shape index (κ2) is 30.5. The van der Waals surface area contributed by atoms with Crippen LogP contribution in [0.5, 0.6) is 0 Å². The lowest BCUT2D eigenvalue weighted by molar-refractivity contribution is -0.145. The number of amides is 7. The van der Waals surface area contributed by atoms with Crippen LogP contribution in [0.1, 0.15) is 78.7 Å². The van der Waals surface area contributed by atoms with Crippen LogP contribution >= 0.6 is 0 Å². The Hall–Kier alpha value is -10.2. The molecule has 40 heteroatoms. The molecule has 0 spiro atoms. The summed E-state index contributed by atoms with van der Waals surface area (Å²) in [6.45, 7) is 5.08. The van der Waals surface area contributed by atoms with Gasteiger partial charge < -0.3 is 47.7 Å². The highest BCUT2D eigenvalue weighted by Crippen LogP contribution is 2.39. The van der Waals surface area contributed by atoms with E-state index in [0.29, 0.717) is 60.5 Å². The number of nitrogens with one attached hydrogen (secondary N) is 7. The van der Waals surface area contributed by atoms with Crippen LogP contribution in [0, 0.1) is 13.8 Å². The number of unbranched alkanes of at least 4 members (excludes halogenated alkanes) is 1. The van der Waals surface area contributed by atoms with Crippen LogP contribution in [-0.2, 0) is 75.0 Å². The van der Waals surface area contributed by atoms with E-state index in [1.165, 1.54) is 99.0 Å². The van der Waals surface area contributed by atoms with E-state index < -0.39 is 165 Å². The first-order chi connectivity index (χ1) is 46.4. The number of hydrogen-bond acceptors (Lipinski definition) is 21. The van der Waals surface area contributed by atoms with E-state index in [9.17, 15) is 111 Å². The molecule has 7 amide bonds. The van der Waals surface area contributed by atoms with Crippen molar-refractivity contribution in [3.8, 4) is 0 Å². The molecule has 0 fully saturated rings. The molecule has 0 aliphatic rings. The maximum absolute atomic E-state index is 13.7. The van der Waals surface area contributed by atoms with Crippen molar-refractivity contribution in [3.63, 3.8) is 0 Å². The summed E-state index contributed by atoms with van der Waals surface area (Å²) in [5.74, 6) is -4.20. The first kappa shape index (κ1) is 77.1. The average molecular weight is 1500 g/mol. The molecule has 0 saturated heterocycles. The molecule has 530 valence electrons. The number of benzene rings is 8. The Kier molecular flexibility index (Phi) is 23.5. The van der Waals surface area contributed by atoms with Gasteiger partial charge in [0.15, 0.2) is 0 Å². The summed E-state index contributed by atoms with van der Waals surface area (Å²) >= 11 is 0. The van der Waals surface area contributed by atoms with Crippen molar-refractivity contribution in [1.29, 1.82) is 0 Å². The molecular formula is C60H58N8O26S6. The number of ether oxygens (including phenoxy) is 1. The molecule has 0 bridgehead atoms. The molecule has 8 rings (SSSR count). The third-order valence-electron chi connectivity index (χ3n) is 14.3. The summed E-state index contributed by atoms with van der Waals surface area (Å²) in [6, 6.07) is 22.0. The summed E-state index contributed by atoms with van der Waals surface area (Å²) in [7, 11) is -30.6. The minimum absolute atomic E-state index is 0.0223. The summed E-state index contributed by atoms with van der Waals surface area (Å²) in [5, 5.41) is 14.3. The molecule has 8 aromatic rings. The van der Waals surface area contributed by atoms with Crippen LogP contribution in [0.15, 0.2) is 163 Å². The smallest absolute Gasteiger partial charge is 0.328 e. The molecule has 0 saturated carbocycles. The highest BCUT2D eigenvalue weighted by Gasteiger charge is 2.30.